The van der Waals surface area contributed by atoms with Crippen LogP contribution >= 0.6 is 11.6 Å². The zero-order valence-corrected chi connectivity index (χ0v) is 11.2. The zero-order valence-electron chi connectivity index (χ0n) is 10.5. The predicted molar refractivity (Wildman–Crippen MR) is 65.5 cm³/mol. The van der Waals surface area contributed by atoms with Gasteiger partial charge in [0.2, 0.25) is 0 Å². The van der Waals surface area contributed by atoms with Gasteiger partial charge in [0, 0.05) is 26.4 Å². The van der Waals surface area contributed by atoms with Crippen molar-refractivity contribution >= 4 is 11.6 Å². The van der Waals surface area contributed by atoms with Crippen LogP contribution < -0.4 is 4.74 Å². The molecule has 0 fully saturated rings. The first kappa shape index (κ1) is 14.3. The molecule has 1 aromatic carbocycles. The summed E-state index contributed by atoms with van der Waals surface area (Å²) in [5.41, 5.74) is 0.859. The van der Waals surface area contributed by atoms with Gasteiger partial charge in [-0.2, -0.15) is 0 Å². The molecule has 96 valence electrons. The van der Waals surface area contributed by atoms with Gasteiger partial charge in [0.1, 0.15) is 5.75 Å². The van der Waals surface area contributed by atoms with E-state index in [2.05, 4.69) is 0 Å². The molecular formula is C12H17ClO4. The van der Waals surface area contributed by atoms with E-state index >= 15 is 0 Å². The maximum absolute atomic E-state index is 6.14. The summed E-state index contributed by atoms with van der Waals surface area (Å²) in [6.45, 7) is 0. The molecule has 0 amide bonds. The van der Waals surface area contributed by atoms with Crippen LogP contribution in [-0.4, -0.2) is 34.4 Å². The van der Waals surface area contributed by atoms with E-state index in [1.165, 1.54) is 21.3 Å². The lowest BCUT2D eigenvalue weighted by Crippen LogP contribution is -2.38. The van der Waals surface area contributed by atoms with Crippen LogP contribution in [0.4, 0.5) is 0 Å². The fourth-order valence-electron chi connectivity index (χ4n) is 1.50. The molecule has 0 saturated carbocycles. The molecule has 0 aliphatic rings. The molecular weight excluding hydrogens is 244 g/mol. The van der Waals surface area contributed by atoms with E-state index in [0.717, 1.165) is 5.56 Å². The van der Waals surface area contributed by atoms with Gasteiger partial charge in [-0.1, -0.05) is 17.7 Å². The second-order valence-corrected chi connectivity index (χ2v) is 3.84. The Morgan fingerprint density at radius 2 is 1.65 bits per heavy atom. The fourth-order valence-corrected chi connectivity index (χ4v) is 1.74. The van der Waals surface area contributed by atoms with E-state index in [1.54, 1.807) is 13.2 Å². The van der Waals surface area contributed by atoms with Crippen molar-refractivity contribution < 1.29 is 18.9 Å². The van der Waals surface area contributed by atoms with E-state index in [4.69, 9.17) is 30.5 Å². The van der Waals surface area contributed by atoms with Crippen LogP contribution in [0.25, 0.3) is 0 Å². The number of benzene rings is 1. The molecule has 0 spiro atoms. The Hall–Kier alpha value is -0.810. The third-order valence-electron chi connectivity index (χ3n) is 2.60. The quantitative estimate of drug-likeness (QED) is 0.737. The third kappa shape index (κ3) is 3.33. The summed E-state index contributed by atoms with van der Waals surface area (Å²) in [4.78, 5) is 0. The molecule has 17 heavy (non-hydrogen) atoms. The number of methoxy groups -OCH3 is 4. The highest BCUT2D eigenvalue weighted by Crippen LogP contribution is 2.27. The fraction of sp³-hybridized carbons (Fsp3) is 0.500. The molecule has 1 aromatic rings. The average Bonchev–Trinajstić information content (AvgIpc) is 2.38. The van der Waals surface area contributed by atoms with Crippen LogP contribution in [0.5, 0.6) is 5.75 Å². The zero-order chi connectivity index (χ0) is 12.9. The van der Waals surface area contributed by atoms with Gasteiger partial charge in [-0.25, -0.2) is 0 Å². The predicted octanol–water partition coefficient (Wildman–Crippen LogP) is 2.48. The molecule has 4 nitrogen and oxygen atoms in total. The van der Waals surface area contributed by atoms with Crippen molar-refractivity contribution in [1.82, 2.24) is 0 Å². The summed E-state index contributed by atoms with van der Waals surface area (Å²) in [6, 6.07) is 5.42. The first-order chi connectivity index (χ1) is 8.10. The molecule has 0 aliphatic heterocycles. The lowest BCUT2D eigenvalue weighted by molar-refractivity contribution is -0.350. The molecule has 0 aromatic heterocycles. The second kappa shape index (κ2) is 6.21. The smallest absolute Gasteiger partial charge is 0.286 e. The molecule has 0 atom stereocenters. The van der Waals surface area contributed by atoms with Crippen molar-refractivity contribution in [3.8, 4) is 5.75 Å². The number of hydrogen-bond donors (Lipinski definition) is 0. The number of halogens is 1. The summed E-state index contributed by atoms with van der Waals surface area (Å²) in [7, 11) is 6.15. The van der Waals surface area contributed by atoms with Crippen molar-refractivity contribution in [2.45, 2.75) is 12.4 Å². The Labute approximate surface area is 106 Å². The van der Waals surface area contributed by atoms with Gasteiger partial charge in [-0.15, -0.1) is 0 Å². The monoisotopic (exact) mass is 260 g/mol. The van der Waals surface area contributed by atoms with E-state index in [0.29, 0.717) is 17.2 Å². The van der Waals surface area contributed by atoms with Gasteiger partial charge < -0.3 is 18.9 Å². The van der Waals surface area contributed by atoms with Gasteiger partial charge in [0.25, 0.3) is 5.97 Å². The minimum atomic E-state index is -1.11. The number of hydrogen-bond acceptors (Lipinski definition) is 4. The van der Waals surface area contributed by atoms with Crippen LogP contribution in [0.1, 0.15) is 5.56 Å². The molecule has 0 unspecified atom stereocenters. The summed E-state index contributed by atoms with van der Waals surface area (Å²) in [5, 5.41) is 0.583. The second-order valence-electron chi connectivity index (χ2n) is 3.43. The normalized spacial score (nSPS) is 11.6. The first-order valence-corrected chi connectivity index (χ1v) is 5.46. The van der Waals surface area contributed by atoms with Gasteiger partial charge in [0.05, 0.1) is 13.5 Å². The summed E-state index contributed by atoms with van der Waals surface area (Å²) < 4.78 is 20.7. The Morgan fingerprint density at radius 1 is 1.06 bits per heavy atom. The van der Waals surface area contributed by atoms with Gasteiger partial charge in [0.15, 0.2) is 0 Å². The molecule has 0 bridgehead atoms. The van der Waals surface area contributed by atoms with Crippen LogP contribution in [0.2, 0.25) is 5.02 Å². The Bertz CT molecular complexity index is 355. The van der Waals surface area contributed by atoms with Gasteiger partial charge in [-0.05, 0) is 17.7 Å². The average molecular weight is 261 g/mol. The van der Waals surface area contributed by atoms with Crippen LogP contribution in [0, 0.1) is 0 Å². The maximum atomic E-state index is 6.14. The van der Waals surface area contributed by atoms with E-state index in [1.807, 2.05) is 12.1 Å². The SMILES string of the molecule is COc1ccc(CC(OC)(OC)OC)c(Cl)c1. The largest absolute Gasteiger partial charge is 0.497 e. The van der Waals surface area contributed by atoms with E-state index in [9.17, 15) is 0 Å². The summed E-state index contributed by atoms with van der Waals surface area (Å²) in [5.74, 6) is -0.408. The molecule has 0 N–H and O–H groups in total. The molecule has 0 aliphatic carbocycles. The third-order valence-corrected chi connectivity index (χ3v) is 2.95. The van der Waals surface area contributed by atoms with Gasteiger partial charge >= 0.3 is 0 Å². The lowest BCUT2D eigenvalue weighted by atomic mass is 10.1. The Kier molecular flexibility index (Phi) is 5.21. The topological polar surface area (TPSA) is 36.9 Å². The summed E-state index contributed by atoms with van der Waals surface area (Å²) >= 11 is 6.14. The lowest BCUT2D eigenvalue weighted by Gasteiger charge is -2.29. The molecule has 1 rings (SSSR count). The van der Waals surface area contributed by atoms with E-state index in [-0.39, 0.29) is 0 Å². The Balaban J connectivity index is 2.94. The van der Waals surface area contributed by atoms with Crippen molar-refractivity contribution in [3.05, 3.63) is 28.8 Å². The van der Waals surface area contributed by atoms with Crippen molar-refractivity contribution in [1.29, 1.82) is 0 Å². The molecule has 0 radical (unpaired) electrons. The van der Waals surface area contributed by atoms with Crippen LogP contribution in [0.3, 0.4) is 0 Å². The minimum Gasteiger partial charge on any atom is -0.497 e. The molecule has 0 saturated heterocycles. The molecule has 0 heterocycles. The standard InChI is InChI=1S/C12H17ClO4/c1-14-10-6-5-9(11(13)7-10)8-12(15-2,16-3)17-4/h5-7H,8H2,1-4H3. The highest BCUT2D eigenvalue weighted by atomic mass is 35.5. The minimum absolute atomic E-state index is 0.388. The maximum Gasteiger partial charge on any atom is 0.286 e. The van der Waals surface area contributed by atoms with Crippen molar-refractivity contribution in [3.63, 3.8) is 0 Å². The van der Waals surface area contributed by atoms with E-state index < -0.39 is 5.97 Å². The van der Waals surface area contributed by atoms with Gasteiger partial charge in [-0.3, -0.25) is 0 Å². The highest BCUT2D eigenvalue weighted by Gasteiger charge is 2.30. The number of rotatable bonds is 6. The Morgan fingerprint density at radius 3 is 2.06 bits per heavy atom. The highest BCUT2D eigenvalue weighted by molar-refractivity contribution is 6.31. The van der Waals surface area contributed by atoms with Crippen LogP contribution in [0.15, 0.2) is 18.2 Å². The van der Waals surface area contributed by atoms with Crippen molar-refractivity contribution in [2.24, 2.45) is 0 Å². The van der Waals surface area contributed by atoms with Crippen LogP contribution in [-0.2, 0) is 20.6 Å². The number of ether oxygens (including phenoxy) is 4. The van der Waals surface area contributed by atoms with Crippen molar-refractivity contribution in [2.75, 3.05) is 28.4 Å². The first-order valence-electron chi connectivity index (χ1n) is 5.08. The summed E-state index contributed by atoms with van der Waals surface area (Å²) in [6.07, 6.45) is 0.388. The molecule has 5 heteroatoms.